The van der Waals surface area contributed by atoms with Crippen molar-refractivity contribution in [2.45, 2.75) is 19.3 Å². The van der Waals surface area contributed by atoms with Gasteiger partial charge in [0.25, 0.3) is 0 Å². The highest BCUT2D eigenvalue weighted by Gasteiger charge is 2.14. The van der Waals surface area contributed by atoms with E-state index in [1.54, 1.807) is 0 Å². The minimum atomic E-state index is -0.230. The van der Waals surface area contributed by atoms with Crippen LogP contribution in [0.1, 0.15) is 30.4 Å². The van der Waals surface area contributed by atoms with Crippen molar-refractivity contribution in [3.8, 4) is 5.75 Å². The van der Waals surface area contributed by atoms with Gasteiger partial charge in [-0.15, -0.1) is 0 Å². The van der Waals surface area contributed by atoms with Crippen molar-refractivity contribution in [2.75, 3.05) is 18.5 Å². The van der Waals surface area contributed by atoms with E-state index in [1.165, 1.54) is 11.1 Å². The Hall–Kier alpha value is -3.27. The molecule has 4 heteroatoms. The topological polar surface area (TPSA) is 50.4 Å². The van der Waals surface area contributed by atoms with Crippen LogP contribution in [0.3, 0.4) is 0 Å². The zero-order valence-electron chi connectivity index (χ0n) is 16.1. The summed E-state index contributed by atoms with van der Waals surface area (Å²) in [6, 6.07) is 28.0. The Balaban J connectivity index is 1.61. The van der Waals surface area contributed by atoms with E-state index in [2.05, 4.69) is 59.2 Å². The fourth-order valence-corrected chi connectivity index (χ4v) is 3.24. The minimum Gasteiger partial charge on any atom is -0.492 e. The SMILES string of the molecule is CCOc1ccccc1NC(=O)NCCC(c1ccccc1)c1ccccc1. The van der Waals surface area contributed by atoms with Crippen molar-refractivity contribution in [2.24, 2.45) is 0 Å². The third kappa shape index (κ3) is 5.36. The van der Waals surface area contributed by atoms with Gasteiger partial charge in [0.05, 0.1) is 12.3 Å². The predicted molar refractivity (Wildman–Crippen MR) is 114 cm³/mol. The van der Waals surface area contributed by atoms with Gasteiger partial charge in [-0.25, -0.2) is 4.79 Å². The van der Waals surface area contributed by atoms with Gasteiger partial charge in [-0.2, -0.15) is 0 Å². The largest absolute Gasteiger partial charge is 0.492 e. The monoisotopic (exact) mass is 374 g/mol. The summed E-state index contributed by atoms with van der Waals surface area (Å²) >= 11 is 0. The quantitative estimate of drug-likeness (QED) is 0.552. The van der Waals surface area contributed by atoms with Gasteiger partial charge in [0, 0.05) is 12.5 Å². The number of rotatable bonds is 8. The van der Waals surface area contributed by atoms with Gasteiger partial charge >= 0.3 is 6.03 Å². The van der Waals surface area contributed by atoms with Gasteiger partial charge in [0.1, 0.15) is 5.75 Å². The van der Waals surface area contributed by atoms with E-state index >= 15 is 0 Å². The minimum absolute atomic E-state index is 0.230. The molecule has 2 N–H and O–H groups in total. The Labute approximate surface area is 166 Å². The van der Waals surface area contributed by atoms with E-state index in [4.69, 9.17) is 4.74 Å². The summed E-state index contributed by atoms with van der Waals surface area (Å²) in [4.78, 5) is 12.3. The number of urea groups is 1. The second-order valence-corrected chi connectivity index (χ2v) is 6.47. The number of benzene rings is 3. The molecule has 0 heterocycles. The van der Waals surface area contributed by atoms with E-state index in [0.717, 1.165) is 6.42 Å². The Morgan fingerprint density at radius 3 is 2.04 bits per heavy atom. The van der Waals surface area contributed by atoms with Gasteiger partial charge in [-0.1, -0.05) is 72.8 Å². The maximum Gasteiger partial charge on any atom is 0.319 e. The van der Waals surface area contributed by atoms with Gasteiger partial charge in [0.15, 0.2) is 0 Å². The van der Waals surface area contributed by atoms with E-state index in [-0.39, 0.29) is 11.9 Å². The zero-order valence-corrected chi connectivity index (χ0v) is 16.1. The molecule has 0 aliphatic heterocycles. The predicted octanol–water partition coefficient (Wildman–Crippen LogP) is 5.43. The van der Waals surface area contributed by atoms with E-state index in [9.17, 15) is 4.79 Å². The summed E-state index contributed by atoms with van der Waals surface area (Å²) in [7, 11) is 0. The molecular formula is C24H26N2O2. The normalized spacial score (nSPS) is 10.5. The summed E-state index contributed by atoms with van der Waals surface area (Å²) in [5.74, 6) is 0.907. The van der Waals surface area contributed by atoms with Crippen LogP contribution in [0.5, 0.6) is 5.75 Å². The first-order valence-electron chi connectivity index (χ1n) is 9.64. The first kappa shape index (κ1) is 19.5. The maximum atomic E-state index is 12.3. The average molecular weight is 374 g/mol. The molecule has 0 aromatic heterocycles. The Bertz CT molecular complexity index is 827. The number of hydrogen-bond donors (Lipinski definition) is 2. The first-order chi connectivity index (χ1) is 13.8. The number of hydrogen-bond acceptors (Lipinski definition) is 2. The molecule has 0 radical (unpaired) electrons. The first-order valence-corrected chi connectivity index (χ1v) is 9.64. The molecule has 0 saturated carbocycles. The van der Waals surface area contributed by atoms with Gasteiger partial charge in [0.2, 0.25) is 0 Å². The van der Waals surface area contributed by atoms with Crippen molar-refractivity contribution in [3.63, 3.8) is 0 Å². The summed E-state index contributed by atoms with van der Waals surface area (Å²) in [6.45, 7) is 3.04. The molecule has 0 bridgehead atoms. The van der Waals surface area contributed by atoms with E-state index in [1.807, 2.05) is 43.3 Å². The molecule has 2 amide bonds. The number of amides is 2. The maximum absolute atomic E-state index is 12.3. The Kier molecular flexibility index (Phi) is 7.08. The standard InChI is InChI=1S/C24H26N2O2/c1-2-28-23-16-10-9-15-22(23)26-24(27)25-18-17-21(19-11-5-3-6-12-19)20-13-7-4-8-14-20/h3-16,21H,2,17-18H2,1H3,(H2,25,26,27). The molecule has 0 fully saturated rings. The van der Waals surface area contributed by atoms with Crippen LogP contribution in [0.4, 0.5) is 10.5 Å². The summed E-state index contributed by atoms with van der Waals surface area (Å²) < 4.78 is 5.55. The smallest absolute Gasteiger partial charge is 0.319 e. The van der Waals surface area contributed by atoms with E-state index < -0.39 is 0 Å². The lowest BCUT2D eigenvalue weighted by molar-refractivity contribution is 0.251. The van der Waals surface area contributed by atoms with Crippen LogP contribution in [-0.2, 0) is 0 Å². The molecule has 28 heavy (non-hydrogen) atoms. The number of anilines is 1. The van der Waals surface area contributed by atoms with Crippen LogP contribution >= 0.6 is 0 Å². The molecule has 0 aliphatic rings. The lowest BCUT2D eigenvalue weighted by Crippen LogP contribution is -2.30. The zero-order chi connectivity index (χ0) is 19.6. The van der Waals surface area contributed by atoms with Crippen LogP contribution in [0.2, 0.25) is 0 Å². The molecule has 0 spiro atoms. The van der Waals surface area contributed by atoms with Crippen LogP contribution in [0.15, 0.2) is 84.9 Å². The molecule has 144 valence electrons. The highest BCUT2D eigenvalue weighted by molar-refractivity contribution is 5.90. The highest BCUT2D eigenvalue weighted by atomic mass is 16.5. The second-order valence-electron chi connectivity index (χ2n) is 6.47. The molecule has 3 rings (SSSR count). The summed E-state index contributed by atoms with van der Waals surface area (Å²) in [5.41, 5.74) is 3.17. The highest BCUT2D eigenvalue weighted by Crippen LogP contribution is 2.27. The molecule has 0 saturated heterocycles. The fourth-order valence-electron chi connectivity index (χ4n) is 3.24. The Morgan fingerprint density at radius 1 is 0.857 bits per heavy atom. The molecule has 3 aromatic rings. The molecular weight excluding hydrogens is 348 g/mol. The van der Waals surface area contributed by atoms with Crippen molar-refractivity contribution in [1.82, 2.24) is 5.32 Å². The number of carbonyl (C=O) groups excluding carboxylic acids is 1. The average Bonchev–Trinajstić information content (AvgIpc) is 2.74. The van der Waals surface area contributed by atoms with E-state index in [0.29, 0.717) is 24.6 Å². The molecule has 4 nitrogen and oxygen atoms in total. The lowest BCUT2D eigenvalue weighted by Gasteiger charge is -2.19. The molecule has 3 aromatic carbocycles. The van der Waals surface area contributed by atoms with Crippen LogP contribution in [-0.4, -0.2) is 19.2 Å². The fraction of sp³-hybridized carbons (Fsp3) is 0.208. The third-order valence-corrected chi connectivity index (χ3v) is 4.56. The van der Waals surface area contributed by atoms with Crippen molar-refractivity contribution < 1.29 is 9.53 Å². The van der Waals surface area contributed by atoms with Gasteiger partial charge < -0.3 is 15.4 Å². The van der Waals surface area contributed by atoms with Crippen LogP contribution < -0.4 is 15.4 Å². The van der Waals surface area contributed by atoms with Gasteiger partial charge in [-0.3, -0.25) is 0 Å². The molecule has 0 atom stereocenters. The van der Waals surface area contributed by atoms with Crippen molar-refractivity contribution in [3.05, 3.63) is 96.1 Å². The third-order valence-electron chi connectivity index (χ3n) is 4.56. The summed E-state index contributed by atoms with van der Waals surface area (Å²) in [5, 5.41) is 5.84. The molecule has 0 unspecified atom stereocenters. The summed E-state index contributed by atoms with van der Waals surface area (Å²) in [6.07, 6.45) is 0.814. The van der Waals surface area contributed by atoms with Gasteiger partial charge in [-0.05, 0) is 36.6 Å². The molecule has 0 aliphatic carbocycles. The second kappa shape index (κ2) is 10.2. The van der Waals surface area contributed by atoms with Crippen LogP contribution in [0.25, 0.3) is 0 Å². The lowest BCUT2D eigenvalue weighted by atomic mass is 9.88. The Morgan fingerprint density at radius 2 is 1.43 bits per heavy atom. The van der Waals surface area contributed by atoms with Crippen molar-refractivity contribution >= 4 is 11.7 Å². The van der Waals surface area contributed by atoms with Crippen LogP contribution in [0, 0.1) is 0 Å². The number of nitrogens with one attached hydrogen (secondary N) is 2. The number of para-hydroxylation sites is 2. The number of carbonyl (C=O) groups is 1. The number of ether oxygens (including phenoxy) is 1. The van der Waals surface area contributed by atoms with Crippen molar-refractivity contribution in [1.29, 1.82) is 0 Å².